The standard InChI is InChI=1S/C18H30N2O/c1-18(2,3)16(11-13-19)9-10-17(21)20-14-12-15-7-5-4-6-8-15/h4-8,16H,9-14,19H2,1-3H3,(H,20,21). The predicted octanol–water partition coefficient (Wildman–Crippen LogP) is 3.14. The van der Waals surface area contributed by atoms with Crippen molar-refractivity contribution in [1.29, 1.82) is 0 Å². The van der Waals surface area contributed by atoms with Gasteiger partial charge in [-0.1, -0.05) is 51.1 Å². The third kappa shape index (κ3) is 7.28. The Hall–Kier alpha value is -1.35. The molecule has 0 fully saturated rings. The predicted molar refractivity (Wildman–Crippen MR) is 89.0 cm³/mol. The highest BCUT2D eigenvalue weighted by atomic mass is 16.1. The molecule has 0 aliphatic carbocycles. The van der Waals surface area contributed by atoms with Gasteiger partial charge in [-0.2, -0.15) is 0 Å². The highest BCUT2D eigenvalue weighted by Gasteiger charge is 2.24. The summed E-state index contributed by atoms with van der Waals surface area (Å²) in [4.78, 5) is 11.9. The Labute approximate surface area is 129 Å². The van der Waals surface area contributed by atoms with Crippen molar-refractivity contribution in [3.63, 3.8) is 0 Å². The molecule has 1 aromatic rings. The summed E-state index contributed by atoms with van der Waals surface area (Å²) in [5, 5.41) is 3.01. The maximum Gasteiger partial charge on any atom is 0.220 e. The van der Waals surface area contributed by atoms with Crippen LogP contribution in [0.1, 0.15) is 45.6 Å². The molecule has 0 aliphatic rings. The zero-order valence-electron chi connectivity index (χ0n) is 13.7. The molecule has 0 radical (unpaired) electrons. The number of carbonyl (C=O) groups is 1. The lowest BCUT2D eigenvalue weighted by molar-refractivity contribution is -0.121. The molecule has 0 saturated carbocycles. The van der Waals surface area contributed by atoms with Crippen LogP contribution in [0.3, 0.4) is 0 Å². The lowest BCUT2D eigenvalue weighted by atomic mass is 9.76. The van der Waals surface area contributed by atoms with Gasteiger partial charge in [-0.05, 0) is 42.7 Å². The van der Waals surface area contributed by atoms with E-state index in [-0.39, 0.29) is 11.3 Å². The van der Waals surface area contributed by atoms with E-state index in [1.54, 1.807) is 0 Å². The number of nitrogens with one attached hydrogen (secondary N) is 1. The summed E-state index contributed by atoms with van der Waals surface area (Å²) < 4.78 is 0. The Morgan fingerprint density at radius 1 is 1.19 bits per heavy atom. The SMILES string of the molecule is CC(C)(C)C(CCN)CCC(=O)NCCc1ccccc1. The molecule has 21 heavy (non-hydrogen) atoms. The Bertz CT molecular complexity index is 409. The summed E-state index contributed by atoms with van der Waals surface area (Å²) >= 11 is 0. The first-order valence-corrected chi connectivity index (χ1v) is 7.94. The Morgan fingerprint density at radius 2 is 1.86 bits per heavy atom. The fourth-order valence-electron chi connectivity index (χ4n) is 2.60. The number of nitrogens with two attached hydrogens (primary N) is 1. The van der Waals surface area contributed by atoms with Crippen LogP contribution < -0.4 is 11.1 Å². The molecule has 0 heterocycles. The molecule has 0 aliphatic heterocycles. The van der Waals surface area contributed by atoms with Gasteiger partial charge < -0.3 is 11.1 Å². The molecule has 0 spiro atoms. The first-order valence-electron chi connectivity index (χ1n) is 7.94. The summed E-state index contributed by atoms with van der Waals surface area (Å²) in [5.74, 6) is 0.652. The van der Waals surface area contributed by atoms with Gasteiger partial charge in [0.05, 0.1) is 0 Å². The van der Waals surface area contributed by atoms with Crippen molar-refractivity contribution in [3.05, 3.63) is 35.9 Å². The third-order valence-electron chi connectivity index (χ3n) is 4.04. The van der Waals surface area contributed by atoms with Gasteiger partial charge in [0, 0.05) is 13.0 Å². The van der Waals surface area contributed by atoms with Crippen LogP contribution in [-0.4, -0.2) is 19.0 Å². The van der Waals surface area contributed by atoms with E-state index in [1.807, 2.05) is 18.2 Å². The zero-order valence-corrected chi connectivity index (χ0v) is 13.7. The Morgan fingerprint density at radius 3 is 2.43 bits per heavy atom. The van der Waals surface area contributed by atoms with Crippen molar-refractivity contribution in [2.75, 3.05) is 13.1 Å². The van der Waals surface area contributed by atoms with Gasteiger partial charge in [-0.15, -0.1) is 0 Å². The number of hydrogen-bond donors (Lipinski definition) is 2. The summed E-state index contributed by atoms with van der Waals surface area (Å²) in [7, 11) is 0. The maximum absolute atomic E-state index is 11.9. The zero-order chi connectivity index (χ0) is 15.7. The third-order valence-corrected chi connectivity index (χ3v) is 4.04. The van der Waals surface area contributed by atoms with Crippen molar-refractivity contribution in [3.8, 4) is 0 Å². The minimum atomic E-state index is 0.150. The van der Waals surface area contributed by atoms with Crippen molar-refractivity contribution >= 4 is 5.91 Å². The topological polar surface area (TPSA) is 55.1 Å². The molecule has 118 valence electrons. The van der Waals surface area contributed by atoms with Gasteiger partial charge in [0.2, 0.25) is 5.91 Å². The highest BCUT2D eigenvalue weighted by Crippen LogP contribution is 2.31. The number of rotatable bonds is 8. The first kappa shape index (κ1) is 17.7. The van der Waals surface area contributed by atoms with Gasteiger partial charge in [0.25, 0.3) is 0 Å². The normalized spacial score (nSPS) is 13.0. The van der Waals surface area contributed by atoms with E-state index >= 15 is 0 Å². The highest BCUT2D eigenvalue weighted by molar-refractivity contribution is 5.75. The summed E-state index contributed by atoms with van der Waals surface area (Å²) in [6.07, 6.45) is 3.38. The van der Waals surface area contributed by atoms with Gasteiger partial charge in [0.15, 0.2) is 0 Å². The molecule has 3 nitrogen and oxygen atoms in total. The number of benzene rings is 1. The molecule has 0 bridgehead atoms. The van der Waals surface area contributed by atoms with Crippen LogP contribution in [0.25, 0.3) is 0 Å². The van der Waals surface area contributed by atoms with Crippen LogP contribution in [0, 0.1) is 11.3 Å². The van der Waals surface area contributed by atoms with E-state index in [0.717, 1.165) is 19.3 Å². The van der Waals surface area contributed by atoms with Crippen LogP contribution in [0.5, 0.6) is 0 Å². The molecule has 1 rings (SSSR count). The average Bonchev–Trinajstić information content (AvgIpc) is 2.43. The second-order valence-corrected chi connectivity index (χ2v) is 6.76. The van der Waals surface area contributed by atoms with Gasteiger partial charge in [-0.25, -0.2) is 0 Å². The van der Waals surface area contributed by atoms with Gasteiger partial charge >= 0.3 is 0 Å². The van der Waals surface area contributed by atoms with E-state index in [1.165, 1.54) is 5.56 Å². The summed E-state index contributed by atoms with van der Waals surface area (Å²) in [6, 6.07) is 10.2. The Balaban J connectivity index is 2.27. The van der Waals surface area contributed by atoms with Crippen molar-refractivity contribution in [2.24, 2.45) is 17.1 Å². The van der Waals surface area contributed by atoms with Gasteiger partial charge in [0.1, 0.15) is 0 Å². The lowest BCUT2D eigenvalue weighted by Crippen LogP contribution is -2.29. The van der Waals surface area contributed by atoms with E-state index in [4.69, 9.17) is 5.73 Å². The van der Waals surface area contributed by atoms with Crippen LogP contribution in [0.15, 0.2) is 30.3 Å². The molecular weight excluding hydrogens is 260 g/mol. The fourth-order valence-corrected chi connectivity index (χ4v) is 2.60. The molecule has 0 aromatic heterocycles. The fraction of sp³-hybridized carbons (Fsp3) is 0.611. The van der Waals surface area contributed by atoms with E-state index in [2.05, 4.69) is 38.2 Å². The van der Waals surface area contributed by atoms with Crippen LogP contribution >= 0.6 is 0 Å². The van der Waals surface area contributed by atoms with E-state index < -0.39 is 0 Å². The molecule has 3 heteroatoms. The number of hydrogen-bond acceptors (Lipinski definition) is 2. The maximum atomic E-state index is 11.9. The number of carbonyl (C=O) groups excluding carboxylic acids is 1. The number of amides is 1. The van der Waals surface area contributed by atoms with Crippen LogP contribution in [-0.2, 0) is 11.2 Å². The van der Waals surface area contributed by atoms with Crippen molar-refractivity contribution in [1.82, 2.24) is 5.32 Å². The average molecular weight is 290 g/mol. The van der Waals surface area contributed by atoms with Crippen LogP contribution in [0.4, 0.5) is 0 Å². The molecule has 1 atom stereocenters. The minimum Gasteiger partial charge on any atom is -0.356 e. The monoisotopic (exact) mass is 290 g/mol. The molecular formula is C18H30N2O. The van der Waals surface area contributed by atoms with E-state index in [9.17, 15) is 4.79 Å². The quantitative estimate of drug-likeness (QED) is 0.773. The summed E-state index contributed by atoms with van der Waals surface area (Å²) in [6.45, 7) is 8.07. The van der Waals surface area contributed by atoms with Gasteiger partial charge in [-0.3, -0.25) is 4.79 Å². The lowest BCUT2D eigenvalue weighted by Gasteiger charge is -2.30. The van der Waals surface area contributed by atoms with Crippen molar-refractivity contribution < 1.29 is 4.79 Å². The second kappa shape index (κ2) is 8.83. The molecule has 1 aromatic carbocycles. The molecule has 3 N–H and O–H groups in total. The largest absolute Gasteiger partial charge is 0.356 e. The minimum absolute atomic E-state index is 0.150. The molecule has 1 amide bonds. The molecule has 0 saturated heterocycles. The first-order chi connectivity index (χ1) is 9.93. The van der Waals surface area contributed by atoms with Crippen LogP contribution in [0.2, 0.25) is 0 Å². The second-order valence-electron chi connectivity index (χ2n) is 6.76. The summed E-state index contributed by atoms with van der Waals surface area (Å²) in [5.41, 5.74) is 7.15. The Kier molecular flexibility index (Phi) is 7.44. The van der Waals surface area contributed by atoms with Crippen molar-refractivity contribution in [2.45, 2.75) is 46.5 Å². The van der Waals surface area contributed by atoms with E-state index in [0.29, 0.717) is 25.4 Å². The molecule has 1 unspecified atom stereocenters. The smallest absolute Gasteiger partial charge is 0.220 e.